The van der Waals surface area contributed by atoms with Gasteiger partial charge < -0.3 is 14.5 Å². The second-order valence-corrected chi connectivity index (χ2v) is 7.74. The number of ether oxygens (including phenoxy) is 2. The van der Waals surface area contributed by atoms with Crippen LogP contribution < -0.4 is 10.3 Å². The standard InChI is InChI=1S/C21H20F2N2O2.C4H10O/c22-21(23)9-4-10-25(14-21)13-16-11-15-7-8-18(12-19(15)24-20(16)26)27-17-5-2-1-3-6-17;1-3-5-4-2/h1-3,5-8,11-12H,4,9-10,13-14H2,(H,24,26);3-4H2,1-2H3. The Hall–Kier alpha value is -2.77. The van der Waals surface area contributed by atoms with E-state index >= 15 is 0 Å². The molecular weight excluding hydrogens is 414 g/mol. The second-order valence-electron chi connectivity index (χ2n) is 7.74. The molecule has 0 unspecified atom stereocenters. The Morgan fingerprint density at radius 2 is 1.78 bits per heavy atom. The number of halogens is 2. The molecule has 0 amide bonds. The summed E-state index contributed by atoms with van der Waals surface area (Å²) in [5, 5.41) is 0.841. The van der Waals surface area contributed by atoms with Crippen LogP contribution in [0.1, 0.15) is 32.3 Å². The first-order valence-electron chi connectivity index (χ1n) is 11.0. The van der Waals surface area contributed by atoms with Crippen molar-refractivity contribution in [2.75, 3.05) is 26.3 Å². The summed E-state index contributed by atoms with van der Waals surface area (Å²) in [6, 6.07) is 16.6. The molecule has 0 spiro atoms. The number of fused-ring (bicyclic) bond motifs is 1. The lowest BCUT2D eigenvalue weighted by atomic mass is 10.1. The zero-order valence-corrected chi connectivity index (χ0v) is 18.6. The van der Waals surface area contributed by atoms with Crippen molar-refractivity contribution in [3.8, 4) is 11.5 Å². The molecule has 0 saturated carbocycles. The normalized spacial score (nSPS) is 15.8. The van der Waals surface area contributed by atoms with Gasteiger partial charge in [-0.05, 0) is 62.5 Å². The predicted octanol–water partition coefficient (Wildman–Crippen LogP) is 5.59. The number of para-hydroxylation sites is 1. The zero-order chi connectivity index (χ0) is 23.0. The number of aromatic amines is 1. The molecule has 2 aromatic carbocycles. The Bertz CT molecular complexity index is 1050. The van der Waals surface area contributed by atoms with Gasteiger partial charge in [0.05, 0.1) is 12.1 Å². The highest BCUT2D eigenvalue weighted by atomic mass is 19.3. The molecule has 0 radical (unpaired) electrons. The van der Waals surface area contributed by atoms with Gasteiger partial charge in [-0.15, -0.1) is 0 Å². The van der Waals surface area contributed by atoms with Crippen molar-refractivity contribution in [2.24, 2.45) is 0 Å². The zero-order valence-electron chi connectivity index (χ0n) is 18.6. The van der Waals surface area contributed by atoms with Crippen LogP contribution in [0, 0.1) is 0 Å². The molecule has 0 aliphatic carbocycles. The average Bonchev–Trinajstić information content (AvgIpc) is 2.75. The van der Waals surface area contributed by atoms with Gasteiger partial charge in [-0.3, -0.25) is 9.69 Å². The SMILES string of the molecule is CCOCC.O=c1[nH]c2cc(Oc3ccccc3)ccc2cc1CN1CCCC(F)(F)C1. The minimum absolute atomic E-state index is 0.0816. The average molecular weight is 445 g/mol. The van der Waals surface area contributed by atoms with E-state index in [1.54, 1.807) is 17.0 Å². The van der Waals surface area contributed by atoms with E-state index in [9.17, 15) is 13.6 Å². The summed E-state index contributed by atoms with van der Waals surface area (Å²) in [7, 11) is 0. The predicted molar refractivity (Wildman–Crippen MR) is 123 cm³/mol. The fourth-order valence-corrected chi connectivity index (χ4v) is 3.66. The van der Waals surface area contributed by atoms with Gasteiger partial charge >= 0.3 is 0 Å². The number of hydrogen-bond acceptors (Lipinski definition) is 4. The van der Waals surface area contributed by atoms with E-state index < -0.39 is 5.92 Å². The van der Waals surface area contributed by atoms with E-state index in [4.69, 9.17) is 9.47 Å². The topological polar surface area (TPSA) is 54.6 Å². The van der Waals surface area contributed by atoms with Crippen molar-refractivity contribution in [3.05, 3.63) is 70.5 Å². The van der Waals surface area contributed by atoms with E-state index in [1.807, 2.05) is 56.3 Å². The molecule has 2 heterocycles. The minimum Gasteiger partial charge on any atom is -0.457 e. The summed E-state index contributed by atoms with van der Waals surface area (Å²) in [5.74, 6) is -1.35. The molecule has 0 bridgehead atoms. The van der Waals surface area contributed by atoms with Crippen molar-refractivity contribution in [2.45, 2.75) is 39.2 Å². The molecule has 7 heteroatoms. The lowest BCUT2D eigenvalue weighted by Crippen LogP contribution is -2.42. The highest BCUT2D eigenvalue weighted by Gasteiger charge is 2.35. The maximum atomic E-state index is 13.6. The van der Waals surface area contributed by atoms with E-state index in [0.717, 1.165) is 18.6 Å². The molecule has 32 heavy (non-hydrogen) atoms. The number of nitrogens with one attached hydrogen (secondary N) is 1. The summed E-state index contributed by atoms with van der Waals surface area (Å²) < 4.78 is 37.8. The van der Waals surface area contributed by atoms with Crippen molar-refractivity contribution in [3.63, 3.8) is 0 Å². The van der Waals surface area contributed by atoms with Crippen LogP contribution in [0.4, 0.5) is 8.78 Å². The number of hydrogen-bond donors (Lipinski definition) is 1. The van der Waals surface area contributed by atoms with Crippen LogP contribution in [0.2, 0.25) is 0 Å². The molecule has 172 valence electrons. The van der Waals surface area contributed by atoms with Crippen LogP contribution >= 0.6 is 0 Å². The van der Waals surface area contributed by atoms with Gasteiger partial charge in [0.1, 0.15) is 11.5 Å². The summed E-state index contributed by atoms with van der Waals surface area (Å²) in [6.07, 6.45) is 0.362. The van der Waals surface area contributed by atoms with E-state index in [0.29, 0.717) is 35.5 Å². The minimum atomic E-state index is -2.68. The molecule has 5 nitrogen and oxygen atoms in total. The molecule has 1 saturated heterocycles. The number of aromatic nitrogens is 1. The van der Waals surface area contributed by atoms with Gasteiger partial charge in [0, 0.05) is 37.8 Å². The molecule has 1 aliphatic heterocycles. The number of alkyl halides is 2. The molecular formula is C25H30F2N2O3. The Labute approximate surface area is 187 Å². The number of H-pyrrole nitrogens is 1. The third-order valence-corrected chi connectivity index (χ3v) is 5.15. The Kier molecular flexibility index (Phi) is 8.36. The van der Waals surface area contributed by atoms with Crippen LogP contribution in [0.5, 0.6) is 11.5 Å². The van der Waals surface area contributed by atoms with Crippen LogP contribution in [0.25, 0.3) is 10.9 Å². The van der Waals surface area contributed by atoms with Crippen molar-refractivity contribution < 1.29 is 18.3 Å². The van der Waals surface area contributed by atoms with Gasteiger partial charge in [0.2, 0.25) is 0 Å². The molecule has 1 aromatic heterocycles. The van der Waals surface area contributed by atoms with E-state index in [-0.39, 0.29) is 25.1 Å². The number of nitrogens with zero attached hydrogens (tertiary/aromatic N) is 1. The molecule has 1 aliphatic rings. The Balaban J connectivity index is 0.000000523. The third kappa shape index (κ3) is 6.87. The summed E-state index contributed by atoms with van der Waals surface area (Å²) in [5.41, 5.74) is 0.895. The summed E-state index contributed by atoms with van der Waals surface area (Å²) >= 11 is 0. The first-order valence-corrected chi connectivity index (χ1v) is 11.0. The van der Waals surface area contributed by atoms with Gasteiger partial charge in [0.15, 0.2) is 0 Å². The van der Waals surface area contributed by atoms with E-state index in [1.165, 1.54) is 0 Å². The van der Waals surface area contributed by atoms with Crippen LogP contribution in [-0.2, 0) is 11.3 Å². The molecule has 1 fully saturated rings. The lowest BCUT2D eigenvalue weighted by Gasteiger charge is -2.32. The number of likely N-dealkylation sites (tertiary alicyclic amines) is 1. The van der Waals surface area contributed by atoms with Crippen LogP contribution in [0.3, 0.4) is 0 Å². The fraction of sp³-hybridized carbons (Fsp3) is 0.400. The number of piperidine rings is 1. The number of rotatable bonds is 6. The van der Waals surface area contributed by atoms with Gasteiger partial charge in [-0.1, -0.05) is 18.2 Å². The van der Waals surface area contributed by atoms with Gasteiger partial charge in [-0.2, -0.15) is 0 Å². The molecule has 1 N–H and O–H groups in total. The first kappa shape index (κ1) is 23.9. The smallest absolute Gasteiger partial charge is 0.260 e. The third-order valence-electron chi connectivity index (χ3n) is 5.15. The van der Waals surface area contributed by atoms with Crippen LogP contribution in [-0.4, -0.2) is 42.1 Å². The maximum absolute atomic E-state index is 13.6. The number of benzene rings is 2. The van der Waals surface area contributed by atoms with Crippen molar-refractivity contribution in [1.29, 1.82) is 0 Å². The van der Waals surface area contributed by atoms with Crippen molar-refractivity contribution >= 4 is 10.9 Å². The Morgan fingerprint density at radius 3 is 2.44 bits per heavy atom. The largest absolute Gasteiger partial charge is 0.457 e. The quantitative estimate of drug-likeness (QED) is 0.538. The molecule has 4 rings (SSSR count). The lowest BCUT2D eigenvalue weighted by molar-refractivity contribution is -0.0661. The van der Waals surface area contributed by atoms with Crippen molar-refractivity contribution in [1.82, 2.24) is 9.88 Å². The highest BCUT2D eigenvalue weighted by molar-refractivity contribution is 5.80. The maximum Gasteiger partial charge on any atom is 0.260 e. The number of pyridine rings is 1. The molecule has 0 atom stereocenters. The fourth-order valence-electron chi connectivity index (χ4n) is 3.66. The monoisotopic (exact) mass is 444 g/mol. The van der Waals surface area contributed by atoms with Crippen LogP contribution in [0.15, 0.2) is 59.4 Å². The van der Waals surface area contributed by atoms with E-state index in [2.05, 4.69) is 4.98 Å². The second kappa shape index (κ2) is 11.2. The first-order chi connectivity index (χ1) is 15.4. The summed E-state index contributed by atoms with van der Waals surface area (Å²) in [6.45, 7) is 6.17. The van der Waals surface area contributed by atoms with Gasteiger partial charge in [0.25, 0.3) is 11.5 Å². The molecule has 3 aromatic rings. The summed E-state index contributed by atoms with van der Waals surface area (Å²) in [4.78, 5) is 16.9. The highest BCUT2D eigenvalue weighted by Crippen LogP contribution is 2.28. The van der Waals surface area contributed by atoms with Gasteiger partial charge in [-0.25, -0.2) is 8.78 Å². The Morgan fingerprint density at radius 1 is 1.03 bits per heavy atom.